The molecule has 0 aromatic heterocycles. The number of hydrogen-bond acceptors (Lipinski definition) is 5. The van der Waals surface area contributed by atoms with E-state index in [4.69, 9.17) is 0 Å². The summed E-state index contributed by atoms with van der Waals surface area (Å²) in [5.74, 6) is -0.0984. The minimum atomic E-state index is -3.84. The molecule has 1 aromatic carbocycles. The molecule has 1 aliphatic carbocycles. The molecule has 2 atom stereocenters. The quantitative estimate of drug-likeness (QED) is 0.629. The number of nitrogens with one attached hydrogen (secondary N) is 1. The molecule has 0 bridgehead atoms. The standard InChI is InChI=1S/C13H18N2O5S/c1-9-5-6-11(15(17)18)7-13(9)21(19,20)14-12-4-2-3-10(12)8-16/h5-7,10,12,14,16H,2-4,8H2,1H3. The van der Waals surface area contributed by atoms with Gasteiger partial charge in [0.1, 0.15) is 0 Å². The maximum Gasteiger partial charge on any atom is 0.270 e. The molecular formula is C13H18N2O5S. The van der Waals surface area contributed by atoms with E-state index in [2.05, 4.69) is 4.72 Å². The van der Waals surface area contributed by atoms with Gasteiger partial charge in [-0.15, -0.1) is 0 Å². The molecule has 1 saturated carbocycles. The molecular weight excluding hydrogens is 296 g/mol. The van der Waals surface area contributed by atoms with Gasteiger partial charge in [0, 0.05) is 24.8 Å². The van der Waals surface area contributed by atoms with E-state index in [1.807, 2.05) is 0 Å². The summed E-state index contributed by atoms with van der Waals surface area (Å²) in [6, 6.07) is 3.45. The number of hydrogen-bond donors (Lipinski definition) is 2. The molecule has 0 saturated heterocycles. The zero-order valence-corrected chi connectivity index (χ0v) is 12.5. The fourth-order valence-corrected chi connectivity index (χ4v) is 4.27. The lowest BCUT2D eigenvalue weighted by Gasteiger charge is -2.19. The Morgan fingerprint density at radius 1 is 1.43 bits per heavy atom. The van der Waals surface area contributed by atoms with E-state index in [0.717, 1.165) is 18.9 Å². The van der Waals surface area contributed by atoms with Gasteiger partial charge in [-0.1, -0.05) is 12.5 Å². The van der Waals surface area contributed by atoms with Crippen LogP contribution in [0.25, 0.3) is 0 Å². The van der Waals surface area contributed by atoms with Crippen molar-refractivity contribution in [2.45, 2.75) is 37.1 Å². The van der Waals surface area contributed by atoms with Gasteiger partial charge in [-0.2, -0.15) is 0 Å². The van der Waals surface area contributed by atoms with Crippen LogP contribution in [0.3, 0.4) is 0 Å². The van der Waals surface area contributed by atoms with E-state index < -0.39 is 14.9 Å². The summed E-state index contributed by atoms with van der Waals surface area (Å²) in [5, 5.41) is 20.0. The number of rotatable bonds is 5. The van der Waals surface area contributed by atoms with Crippen molar-refractivity contribution in [3.05, 3.63) is 33.9 Å². The second-order valence-corrected chi connectivity index (χ2v) is 6.99. The summed E-state index contributed by atoms with van der Waals surface area (Å²) in [7, 11) is -3.84. The predicted octanol–water partition coefficient (Wildman–Crippen LogP) is 1.34. The highest BCUT2D eigenvalue weighted by atomic mass is 32.2. The highest BCUT2D eigenvalue weighted by molar-refractivity contribution is 7.89. The Hall–Kier alpha value is -1.51. The summed E-state index contributed by atoms with van der Waals surface area (Å²) >= 11 is 0. The lowest BCUT2D eigenvalue weighted by atomic mass is 10.1. The largest absolute Gasteiger partial charge is 0.396 e. The van der Waals surface area contributed by atoms with Crippen LogP contribution in [-0.2, 0) is 10.0 Å². The summed E-state index contributed by atoms with van der Waals surface area (Å²) < 4.78 is 27.4. The van der Waals surface area contributed by atoms with E-state index in [0.29, 0.717) is 12.0 Å². The third-order valence-electron chi connectivity index (χ3n) is 3.87. The van der Waals surface area contributed by atoms with Crippen LogP contribution in [0.5, 0.6) is 0 Å². The Morgan fingerprint density at radius 2 is 2.14 bits per heavy atom. The van der Waals surface area contributed by atoms with Gasteiger partial charge in [-0.05, 0) is 31.2 Å². The zero-order chi connectivity index (χ0) is 15.6. The van der Waals surface area contributed by atoms with Crippen LogP contribution < -0.4 is 4.72 Å². The van der Waals surface area contributed by atoms with E-state index in [9.17, 15) is 23.6 Å². The van der Waals surface area contributed by atoms with E-state index in [1.54, 1.807) is 6.92 Å². The fourth-order valence-electron chi connectivity index (χ4n) is 2.67. The Kier molecular flexibility index (Phi) is 4.60. The Balaban J connectivity index is 2.31. The summed E-state index contributed by atoms with van der Waals surface area (Å²) in [4.78, 5) is 10.1. The SMILES string of the molecule is Cc1ccc([N+](=O)[O-])cc1S(=O)(=O)NC1CCCC1CO. The van der Waals surface area contributed by atoms with Crippen LogP contribution in [0, 0.1) is 23.0 Å². The molecule has 7 nitrogen and oxygen atoms in total. The smallest absolute Gasteiger partial charge is 0.270 e. The average Bonchev–Trinajstić information content (AvgIpc) is 2.85. The van der Waals surface area contributed by atoms with Crippen molar-refractivity contribution in [1.29, 1.82) is 0 Å². The van der Waals surface area contributed by atoms with Crippen molar-refractivity contribution < 1.29 is 18.4 Å². The van der Waals surface area contributed by atoms with Crippen LogP contribution in [0.4, 0.5) is 5.69 Å². The molecule has 0 aliphatic heterocycles. The first-order chi connectivity index (χ1) is 9.85. The number of aryl methyl sites for hydroxylation is 1. The molecule has 1 aromatic rings. The van der Waals surface area contributed by atoms with Gasteiger partial charge in [0.05, 0.1) is 9.82 Å². The molecule has 0 amide bonds. The van der Waals surface area contributed by atoms with Gasteiger partial charge in [-0.25, -0.2) is 13.1 Å². The highest BCUT2D eigenvalue weighted by Gasteiger charge is 2.31. The van der Waals surface area contributed by atoms with Crippen LogP contribution in [-0.4, -0.2) is 31.1 Å². The van der Waals surface area contributed by atoms with Crippen molar-refractivity contribution >= 4 is 15.7 Å². The number of aliphatic hydroxyl groups is 1. The molecule has 0 spiro atoms. The Bertz CT molecular complexity index is 644. The second-order valence-electron chi connectivity index (χ2n) is 5.31. The van der Waals surface area contributed by atoms with Gasteiger partial charge < -0.3 is 5.11 Å². The lowest BCUT2D eigenvalue weighted by molar-refractivity contribution is -0.385. The predicted molar refractivity (Wildman–Crippen MR) is 76.4 cm³/mol. The number of nitro benzene ring substituents is 1. The molecule has 8 heteroatoms. The highest BCUT2D eigenvalue weighted by Crippen LogP contribution is 2.28. The van der Waals surface area contributed by atoms with Crippen molar-refractivity contribution in [3.63, 3.8) is 0 Å². The topological polar surface area (TPSA) is 110 Å². The molecule has 21 heavy (non-hydrogen) atoms. The molecule has 2 N–H and O–H groups in total. The van der Waals surface area contributed by atoms with Gasteiger partial charge >= 0.3 is 0 Å². The Morgan fingerprint density at radius 3 is 2.76 bits per heavy atom. The molecule has 116 valence electrons. The van der Waals surface area contributed by atoms with Gasteiger partial charge in [-0.3, -0.25) is 10.1 Å². The normalized spacial score (nSPS) is 22.4. The van der Waals surface area contributed by atoms with Crippen LogP contribution in [0.1, 0.15) is 24.8 Å². The lowest BCUT2D eigenvalue weighted by Crippen LogP contribution is -2.38. The number of nitro groups is 1. The van der Waals surface area contributed by atoms with Crippen LogP contribution in [0.2, 0.25) is 0 Å². The van der Waals surface area contributed by atoms with Crippen molar-refractivity contribution in [2.24, 2.45) is 5.92 Å². The van der Waals surface area contributed by atoms with Crippen molar-refractivity contribution in [3.8, 4) is 0 Å². The molecule has 0 radical (unpaired) electrons. The number of nitrogens with zero attached hydrogens (tertiary/aromatic N) is 1. The Labute approximate surface area is 123 Å². The van der Waals surface area contributed by atoms with Gasteiger partial charge in [0.15, 0.2) is 0 Å². The first-order valence-corrected chi connectivity index (χ1v) is 8.21. The van der Waals surface area contributed by atoms with E-state index in [1.165, 1.54) is 12.1 Å². The maximum absolute atomic E-state index is 12.4. The van der Waals surface area contributed by atoms with Crippen LogP contribution >= 0.6 is 0 Å². The first kappa shape index (κ1) is 15.9. The second kappa shape index (κ2) is 6.08. The van der Waals surface area contributed by atoms with E-state index >= 15 is 0 Å². The minimum Gasteiger partial charge on any atom is -0.396 e. The number of aliphatic hydroxyl groups excluding tert-OH is 1. The van der Waals surface area contributed by atoms with Gasteiger partial charge in [0.25, 0.3) is 5.69 Å². The van der Waals surface area contributed by atoms with E-state index in [-0.39, 0.29) is 29.1 Å². The molecule has 2 unspecified atom stereocenters. The third-order valence-corrected chi connectivity index (χ3v) is 5.50. The summed E-state index contributed by atoms with van der Waals surface area (Å²) in [6.07, 6.45) is 2.29. The third kappa shape index (κ3) is 3.39. The average molecular weight is 314 g/mol. The number of sulfonamides is 1. The first-order valence-electron chi connectivity index (χ1n) is 6.73. The zero-order valence-electron chi connectivity index (χ0n) is 11.7. The van der Waals surface area contributed by atoms with Crippen molar-refractivity contribution in [2.75, 3.05) is 6.61 Å². The maximum atomic E-state index is 12.4. The molecule has 0 heterocycles. The molecule has 1 aliphatic rings. The molecule has 1 fully saturated rings. The summed E-state index contributed by atoms with van der Waals surface area (Å²) in [5.41, 5.74) is 0.192. The van der Waals surface area contributed by atoms with Crippen molar-refractivity contribution in [1.82, 2.24) is 4.72 Å². The van der Waals surface area contributed by atoms with Gasteiger partial charge in [0.2, 0.25) is 10.0 Å². The fraction of sp³-hybridized carbons (Fsp3) is 0.538. The van der Waals surface area contributed by atoms with Crippen LogP contribution in [0.15, 0.2) is 23.1 Å². The molecule has 2 rings (SSSR count). The minimum absolute atomic E-state index is 0.0683. The summed E-state index contributed by atoms with van der Waals surface area (Å²) in [6.45, 7) is 1.53. The monoisotopic (exact) mass is 314 g/mol. The number of non-ortho nitro benzene ring substituents is 1. The number of benzene rings is 1.